The molecule has 3 rings (SSSR count). The van der Waals surface area contributed by atoms with Crippen molar-refractivity contribution in [3.05, 3.63) is 54.2 Å². The summed E-state index contributed by atoms with van der Waals surface area (Å²) in [4.78, 5) is 26.1. The minimum absolute atomic E-state index is 0.00628. The van der Waals surface area contributed by atoms with Crippen molar-refractivity contribution in [3.8, 4) is 0 Å². The first kappa shape index (κ1) is 22.6. The second-order valence-electron chi connectivity index (χ2n) is 7.83. The first-order valence-corrected chi connectivity index (χ1v) is 11.2. The van der Waals surface area contributed by atoms with E-state index in [9.17, 15) is 4.79 Å². The number of pyridine rings is 1. The molecule has 31 heavy (non-hydrogen) atoms. The van der Waals surface area contributed by atoms with Crippen molar-refractivity contribution in [2.45, 2.75) is 33.7 Å². The number of hydrogen-bond donors (Lipinski definition) is 2. The summed E-state index contributed by atoms with van der Waals surface area (Å²) in [6, 6.07) is 14.0. The molecule has 1 saturated heterocycles. The third-order valence-electron chi connectivity index (χ3n) is 5.55. The first-order chi connectivity index (χ1) is 15.1. The summed E-state index contributed by atoms with van der Waals surface area (Å²) in [5.41, 5.74) is 1.90. The number of piperazine rings is 1. The van der Waals surface area contributed by atoms with Crippen LogP contribution in [0.3, 0.4) is 0 Å². The van der Waals surface area contributed by atoms with Gasteiger partial charge >= 0.3 is 0 Å². The number of carbonyl (C=O) groups excluding carboxylic acids is 1. The van der Waals surface area contributed by atoms with E-state index in [1.54, 1.807) is 0 Å². The highest BCUT2D eigenvalue weighted by Gasteiger charge is 2.20. The maximum atomic E-state index is 12.2. The Labute approximate surface area is 185 Å². The van der Waals surface area contributed by atoms with Crippen LogP contribution < -0.4 is 15.5 Å². The van der Waals surface area contributed by atoms with Gasteiger partial charge in [-0.05, 0) is 43.2 Å². The van der Waals surface area contributed by atoms with Gasteiger partial charge in [0.05, 0.1) is 6.54 Å². The molecule has 0 aliphatic carbocycles. The summed E-state index contributed by atoms with van der Waals surface area (Å²) in [6.07, 6.45) is 2.67. The quantitative estimate of drug-likeness (QED) is 0.529. The van der Waals surface area contributed by atoms with Crippen molar-refractivity contribution < 1.29 is 4.79 Å². The molecule has 0 radical (unpaired) electrons. The third kappa shape index (κ3) is 6.44. The number of rotatable bonds is 7. The van der Waals surface area contributed by atoms with Gasteiger partial charge in [0.15, 0.2) is 5.96 Å². The molecular weight excluding hydrogens is 388 g/mol. The van der Waals surface area contributed by atoms with Gasteiger partial charge in [-0.15, -0.1) is 0 Å². The van der Waals surface area contributed by atoms with Crippen LogP contribution in [0.15, 0.2) is 53.7 Å². The number of hydrogen-bond acceptors (Lipinski definition) is 4. The van der Waals surface area contributed by atoms with Crippen LogP contribution in [-0.4, -0.2) is 54.5 Å². The number of nitrogens with one attached hydrogen (secondary N) is 2. The zero-order valence-corrected chi connectivity index (χ0v) is 18.8. The highest BCUT2D eigenvalue weighted by Crippen LogP contribution is 2.15. The van der Waals surface area contributed by atoms with Crippen molar-refractivity contribution >= 4 is 23.4 Å². The second kappa shape index (κ2) is 11.3. The third-order valence-corrected chi connectivity index (χ3v) is 5.55. The molecule has 0 spiro atoms. The number of aromatic nitrogens is 1. The fraction of sp³-hybridized carbons (Fsp3) is 0.458. The van der Waals surface area contributed by atoms with E-state index in [-0.39, 0.29) is 11.8 Å². The molecule has 166 valence electrons. The monoisotopic (exact) mass is 422 g/mol. The number of benzene rings is 1. The van der Waals surface area contributed by atoms with Crippen LogP contribution >= 0.6 is 0 Å². The van der Waals surface area contributed by atoms with Crippen LogP contribution in [-0.2, 0) is 11.3 Å². The van der Waals surface area contributed by atoms with E-state index in [4.69, 9.17) is 4.99 Å². The molecule has 1 fully saturated rings. The predicted octanol–water partition coefficient (Wildman–Crippen LogP) is 3.35. The lowest BCUT2D eigenvalue weighted by atomic mass is 10.1. The van der Waals surface area contributed by atoms with E-state index >= 15 is 0 Å². The Morgan fingerprint density at radius 2 is 1.94 bits per heavy atom. The number of anilines is 2. The molecule has 1 aromatic heterocycles. The Hall–Kier alpha value is -3.09. The zero-order chi connectivity index (χ0) is 22.1. The Balaban J connectivity index is 1.61. The highest BCUT2D eigenvalue weighted by molar-refractivity contribution is 5.92. The lowest BCUT2D eigenvalue weighted by Gasteiger charge is -2.37. The summed E-state index contributed by atoms with van der Waals surface area (Å²) in [5, 5.41) is 6.42. The second-order valence-corrected chi connectivity index (χ2v) is 7.83. The van der Waals surface area contributed by atoms with Crippen molar-refractivity contribution in [1.29, 1.82) is 0 Å². The zero-order valence-electron chi connectivity index (χ0n) is 18.8. The number of carbonyl (C=O) groups is 1. The molecule has 1 aromatic carbocycles. The molecule has 7 heteroatoms. The van der Waals surface area contributed by atoms with Gasteiger partial charge in [-0.3, -0.25) is 4.79 Å². The van der Waals surface area contributed by atoms with Crippen LogP contribution in [0, 0.1) is 5.92 Å². The maximum absolute atomic E-state index is 12.2. The molecule has 1 unspecified atom stereocenters. The van der Waals surface area contributed by atoms with Gasteiger partial charge < -0.3 is 20.4 Å². The number of nitrogens with zero attached hydrogens (tertiary/aromatic N) is 4. The van der Waals surface area contributed by atoms with E-state index in [2.05, 4.69) is 38.4 Å². The van der Waals surface area contributed by atoms with Crippen molar-refractivity contribution in [2.24, 2.45) is 10.9 Å². The summed E-state index contributed by atoms with van der Waals surface area (Å²) < 4.78 is 0. The lowest BCUT2D eigenvalue weighted by Crippen LogP contribution is -2.52. The fourth-order valence-electron chi connectivity index (χ4n) is 3.48. The number of guanidine groups is 1. The smallest absolute Gasteiger partial charge is 0.227 e. The summed E-state index contributed by atoms with van der Waals surface area (Å²) in [6.45, 7) is 11.1. The van der Waals surface area contributed by atoms with Crippen LogP contribution in [0.1, 0.15) is 32.8 Å². The molecule has 0 bridgehead atoms. The standard InChI is InChI=1S/C24H34N6O/c1-4-19(3)23(31)28-21-10-8-9-20(17-21)18-27-24(25-5-2)30-15-13-29(14-16-30)22-11-6-7-12-26-22/h6-12,17,19H,4-5,13-16,18H2,1-3H3,(H,25,27)(H,28,31). The topological polar surface area (TPSA) is 72.9 Å². The Kier molecular flexibility index (Phi) is 8.27. The maximum Gasteiger partial charge on any atom is 0.227 e. The molecule has 0 saturated carbocycles. The minimum atomic E-state index is 0.00628. The van der Waals surface area contributed by atoms with Gasteiger partial charge in [0, 0.05) is 50.5 Å². The van der Waals surface area contributed by atoms with Gasteiger partial charge in [-0.2, -0.15) is 0 Å². The van der Waals surface area contributed by atoms with Gasteiger partial charge in [0.25, 0.3) is 0 Å². The van der Waals surface area contributed by atoms with E-state index in [1.165, 1.54) is 0 Å². The Bertz CT molecular complexity index is 861. The van der Waals surface area contributed by atoms with Crippen LogP contribution in [0.2, 0.25) is 0 Å². The molecular formula is C24H34N6O. The first-order valence-electron chi connectivity index (χ1n) is 11.2. The molecule has 2 aromatic rings. The van der Waals surface area contributed by atoms with E-state index in [0.29, 0.717) is 6.54 Å². The minimum Gasteiger partial charge on any atom is -0.357 e. The predicted molar refractivity (Wildman–Crippen MR) is 127 cm³/mol. The SMILES string of the molecule is CCNC(=NCc1cccc(NC(=O)C(C)CC)c1)N1CCN(c2ccccn2)CC1. The number of aliphatic imine (C=N–C) groups is 1. The lowest BCUT2D eigenvalue weighted by molar-refractivity contribution is -0.119. The molecule has 1 aliphatic heterocycles. The molecule has 2 heterocycles. The molecule has 1 amide bonds. The average molecular weight is 423 g/mol. The van der Waals surface area contributed by atoms with E-state index < -0.39 is 0 Å². The average Bonchev–Trinajstić information content (AvgIpc) is 2.82. The fourth-order valence-corrected chi connectivity index (χ4v) is 3.48. The van der Waals surface area contributed by atoms with Crippen LogP contribution in [0.25, 0.3) is 0 Å². The van der Waals surface area contributed by atoms with Gasteiger partial charge in [-0.25, -0.2) is 9.98 Å². The molecule has 1 aliphatic rings. The molecule has 1 atom stereocenters. The van der Waals surface area contributed by atoms with Crippen molar-refractivity contribution in [3.63, 3.8) is 0 Å². The largest absolute Gasteiger partial charge is 0.357 e. The van der Waals surface area contributed by atoms with Crippen molar-refractivity contribution in [1.82, 2.24) is 15.2 Å². The van der Waals surface area contributed by atoms with Crippen LogP contribution in [0.5, 0.6) is 0 Å². The number of amides is 1. The van der Waals surface area contributed by atoms with Gasteiger partial charge in [0.2, 0.25) is 5.91 Å². The summed E-state index contributed by atoms with van der Waals surface area (Å²) in [7, 11) is 0. The van der Waals surface area contributed by atoms with E-state index in [1.807, 2.05) is 56.4 Å². The molecule has 7 nitrogen and oxygen atoms in total. The van der Waals surface area contributed by atoms with Crippen LogP contribution in [0.4, 0.5) is 11.5 Å². The normalized spacial score (nSPS) is 15.5. The summed E-state index contributed by atoms with van der Waals surface area (Å²) >= 11 is 0. The van der Waals surface area contributed by atoms with E-state index in [0.717, 1.165) is 62.2 Å². The van der Waals surface area contributed by atoms with Crippen molar-refractivity contribution in [2.75, 3.05) is 42.9 Å². The Morgan fingerprint density at radius 1 is 1.13 bits per heavy atom. The Morgan fingerprint density at radius 3 is 2.61 bits per heavy atom. The van der Waals surface area contributed by atoms with Gasteiger partial charge in [0.1, 0.15) is 5.82 Å². The summed E-state index contributed by atoms with van der Waals surface area (Å²) in [5.74, 6) is 2.02. The molecule has 2 N–H and O–H groups in total. The van der Waals surface area contributed by atoms with Gasteiger partial charge in [-0.1, -0.05) is 32.0 Å². The highest BCUT2D eigenvalue weighted by atomic mass is 16.1.